The first-order valence-corrected chi connectivity index (χ1v) is 9.61. The average Bonchev–Trinajstić information content (AvgIpc) is 1.54. The van der Waals surface area contributed by atoms with Gasteiger partial charge in [0.1, 0.15) is 0 Å². The fraction of sp³-hybridized carbons (Fsp3) is 0. The van der Waals surface area contributed by atoms with Gasteiger partial charge in [-0.3, -0.25) is 0 Å². The van der Waals surface area contributed by atoms with E-state index >= 15 is 0 Å². The molecule has 0 bridgehead atoms. The van der Waals surface area contributed by atoms with Crippen LogP contribution in [0.25, 0.3) is 0 Å². The third kappa shape index (κ3) is 1010. The predicted molar refractivity (Wildman–Crippen MR) is 21.7 cm³/mol. The molecule has 0 aromatic heterocycles. The molecule has 0 amide bonds. The van der Waals surface area contributed by atoms with Crippen molar-refractivity contribution in [3.05, 3.63) is 0 Å². The summed E-state index contributed by atoms with van der Waals surface area (Å²) < 4.78 is 73.4. The third-order valence-corrected chi connectivity index (χ3v) is 0. The number of hydrogen-bond donors (Lipinski definition) is 6. The zero-order valence-corrected chi connectivity index (χ0v) is 13.5. The predicted octanol–water partition coefficient (Wildman–Crippen LogP) is -17.3. The van der Waals surface area contributed by atoms with E-state index in [1.54, 1.807) is 0 Å². The van der Waals surface area contributed by atoms with Crippen molar-refractivity contribution in [2.75, 3.05) is 0 Å². The molecule has 0 unspecified atom stereocenters. The topological polar surface area (TPSA) is 304 Å². The summed E-state index contributed by atoms with van der Waals surface area (Å²) in [5.74, 6) is 0. The Balaban J connectivity index is -0.0000000184. The molecule has 15 heavy (non-hydrogen) atoms. The Hall–Kier alpha value is 1.71. The summed E-state index contributed by atoms with van der Waals surface area (Å²) >= 11 is -11.3. The molecule has 0 radical (unpaired) electrons. The van der Waals surface area contributed by atoms with Crippen LogP contribution in [-0.4, -0.2) is 10.3 Å². The van der Waals surface area contributed by atoms with Crippen molar-refractivity contribution in [3.8, 4) is 0 Å². The van der Waals surface area contributed by atoms with Gasteiger partial charge in [0.15, 0.2) is 0 Å². The van der Waals surface area contributed by atoms with Crippen LogP contribution in [0.2, 0.25) is 0 Å². The summed E-state index contributed by atoms with van der Waals surface area (Å²) in [7, 11) is 0. The van der Waals surface area contributed by atoms with Crippen molar-refractivity contribution in [1.29, 1.82) is 0 Å². The summed E-state index contributed by atoms with van der Waals surface area (Å²) in [4.78, 5) is 0. The molecule has 12 N–H and O–H groups in total. The van der Waals surface area contributed by atoms with Crippen LogP contribution in [0.5, 0.6) is 0 Å². The molecule has 0 aliphatic rings. The quantitative estimate of drug-likeness (QED) is 0.146. The second kappa shape index (κ2) is 29.6. The molecule has 102 valence electrons. The highest BCUT2D eigenvalue weighted by molar-refractivity contribution is 2.14. The number of rotatable bonds is 0. The van der Waals surface area contributed by atoms with Gasteiger partial charge in [-0.25, -0.2) is 0 Å². The van der Waals surface area contributed by atoms with E-state index in [9.17, 15) is 0 Å². The van der Waals surface area contributed by atoms with Gasteiger partial charge >= 0.3 is 63.2 Å². The molecule has 0 saturated heterocycles. The van der Waals surface area contributed by atoms with Crippen molar-refractivity contribution in [2.24, 2.45) is 0 Å². The maximum Gasteiger partial charge on any atom is 0.503 e. The van der Waals surface area contributed by atoms with Gasteiger partial charge in [0, 0.05) is 0 Å². The SMILES string of the molecule is N.N.N.[O-][I+2]([O-])O.[O-][I+2]([O-])O.[O-][I+2]([O-])O. The van der Waals surface area contributed by atoms with Gasteiger partial charge < -0.3 is 39.1 Å². The van der Waals surface area contributed by atoms with E-state index in [1.807, 2.05) is 0 Å². The van der Waals surface area contributed by atoms with Gasteiger partial charge in [-0.1, -0.05) is 0 Å². The molecule has 0 rings (SSSR count). The normalized spacial score (nSPS) is 7.20. The Morgan fingerprint density at radius 3 is 0.467 bits per heavy atom. The van der Waals surface area contributed by atoms with E-state index in [2.05, 4.69) is 0 Å². The minimum Gasteiger partial charge on any atom is -0.396 e. The molecule has 0 fully saturated rings. The van der Waals surface area contributed by atoms with Gasteiger partial charge in [-0.15, -0.1) is 0 Å². The highest BCUT2D eigenvalue weighted by atomic mass is 127. The Morgan fingerprint density at radius 2 is 0.467 bits per heavy atom. The van der Waals surface area contributed by atoms with E-state index in [1.165, 1.54) is 0 Å². The lowest BCUT2D eigenvalue weighted by Gasteiger charge is -1.67. The Morgan fingerprint density at radius 1 is 0.467 bits per heavy atom. The van der Waals surface area contributed by atoms with Crippen LogP contribution in [0.4, 0.5) is 0 Å². The summed E-state index contributed by atoms with van der Waals surface area (Å²) in [5.41, 5.74) is 0. The lowest BCUT2D eigenvalue weighted by molar-refractivity contribution is -1.63. The van der Waals surface area contributed by atoms with Crippen molar-refractivity contribution < 1.29 is 94.1 Å². The van der Waals surface area contributed by atoms with Crippen LogP contribution < -0.4 is 102 Å². The number of halogens is 3. The molecule has 0 aliphatic carbocycles. The molecule has 0 aromatic rings. The van der Waals surface area contributed by atoms with E-state index in [0.717, 1.165) is 0 Å². The maximum atomic E-state index is 8.68. The summed E-state index contributed by atoms with van der Waals surface area (Å²) in [6.45, 7) is 0. The van der Waals surface area contributed by atoms with Crippen molar-refractivity contribution >= 4 is 0 Å². The number of hydrogen-bond acceptors (Lipinski definition) is 12. The molecular weight excluding hydrogens is 567 g/mol. The summed E-state index contributed by atoms with van der Waals surface area (Å²) in [6.07, 6.45) is 0. The largest absolute Gasteiger partial charge is 0.503 e. The first kappa shape index (κ1) is 36.0. The zero-order valence-electron chi connectivity index (χ0n) is 7.05. The van der Waals surface area contributed by atoms with E-state index in [-0.39, 0.29) is 18.5 Å². The van der Waals surface area contributed by atoms with Crippen LogP contribution in [0.1, 0.15) is 0 Å². The van der Waals surface area contributed by atoms with E-state index < -0.39 is 63.2 Å². The standard InChI is InChI=1S/3HIO3.3H3N/c3*2-1(3)4;;;/h3*2H;3*1H3. The maximum absolute atomic E-state index is 8.68. The van der Waals surface area contributed by atoms with Crippen molar-refractivity contribution in [2.45, 2.75) is 0 Å². The molecular formula is H12I3N3O9. The molecule has 12 nitrogen and oxygen atoms in total. The molecule has 0 aliphatic heterocycles. The van der Waals surface area contributed by atoms with Crippen LogP contribution in [0, 0.1) is 0 Å². The molecule has 0 spiro atoms. The summed E-state index contributed by atoms with van der Waals surface area (Å²) in [5, 5.41) is 0. The second-order valence-electron chi connectivity index (χ2n) is 0.603. The van der Waals surface area contributed by atoms with E-state index in [0.29, 0.717) is 0 Å². The Labute approximate surface area is 111 Å². The van der Waals surface area contributed by atoms with Gasteiger partial charge in [0.05, 0.1) is 0 Å². The average molecular weight is 579 g/mol. The minimum absolute atomic E-state index is 0. The van der Waals surface area contributed by atoms with Gasteiger partial charge in [-0.2, -0.15) is 0 Å². The molecule has 0 aromatic carbocycles. The molecule has 0 heterocycles. The monoisotopic (exact) mass is 579 g/mol. The third-order valence-electron chi connectivity index (χ3n) is 0. The fourth-order valence-electron chi connectivity index (χ4n) is 0. The lowest BCUT2D eigenvalue weighted by Crippen LogP contribution is -3.98. The molecule has 0 saturated carbocycles. The van der Waals surface area contributed by atoms with Crippen LogP contribution in [0.15, 0.2) is 0 Å². The fourth-order valence-corrected chi connectivity index (χ4v) is 0. The van der Waals surface area contributed by atoms with Crippen molar-refractivity contribution in [3.63, 3.8) is 0 Å². The molecule has 15 heteroatoms. The van der Waals surface area contributed by atoms with E-state index in [4.69, 9.17) is 30.9 Å². The highest BCUT2D eigenvalue weighted by Crippen LogP contribution is 0.258. The lowest BCUT2D eigenvalue weighted by atomic mass is 14.0. The smallest absolute Gasteiger partial charge is 0.396 e. The second-order valence-corrected chi connectivity index (χ2v) is 4.05. The van der Waals surface area contributed by atoms with Gasteiger partial charge in [0.25, 0.3) is 0 Å². The van der Waals surface area contributed by atoms with Crippen LogP contribution in [0.3, 0.4) is 0 Å². The highest BCUT2D eigenvalue weighted by Gasteiger charge is 1.90. The Kier molecular flexibility index (Phi) is 71.0. The van der Waals surface area contributed by atoms with Gasteiger partial charge in [0.2, 0.25) is 0 Å². The summed E-state index contributed by atoms with van der Waals surface area (Å²) in [6, 6.07) is 0. The van der Waals surface area contributed by atoms with Crippen LogP contribution >= 0.6 is 0 Å². The van der Waals surface area contributed by atoms with Crippen molar-refractivity contribution in [1.82, 2.24) is 18.5 Å². The zero-order chi connectivity index (χ0) is 10.7. The van der Waals surface area contributed by atoms with Gasteiger partial charge in [-0.05, 0) is 10.3 Å². The first-order valence-electron chi connectivity index (χ1n) is 1.43. The molecule has 0 atom stereocenters. The first-order chi connectivity index (χ1) is 5.20. The van der Waals surface area contributed by atoms with Crippen LogP contribution in [-0.2, 0) is 0 Å². The minimum atomic E-state index is -3.76. The Bertz CT molecular complexity index is 49.1.